The summed E-state index contributed by atoms with van der Waals surface area (Å²) >= 11 is 5.95. The van der Waals surface area contributed by atoms with Crippen molar-refractivity contribution in [2.24, 2.45) is 12.8 Å². The van der Waals surface area contributed by atoms with E-state index in [2.05, 4.69) is 5.10 Å². The first-order valence-electron chi connectivity index (χ1n) is 5.62. The molecule has 1 atom stereocenters. The quantitative estimate of drug-likeness (QED) is 0.927. The molecule has 0 aliphatic carbocycles. The first-order valence-corrected chi connectivity index (χ1v) is 6.00. The third-order valence-electron chi connectivity index (χ3n) is 3.03. The van der Waals surface area contributed by atoms with Gasteiger partial charge in [-0.25, -0.2) is 0 Å². The van der Waals surface area contributed by atoms with Crippen LogP contribution in [0, 0.1) is 6.92 Å². The first kappa shape index (κ1) is 12.9. The van der Waals surface area contributed by atoms with Crippen molar-refractivity contribution in [2.45, 2.75) is 13.0 Å². The Labute approximate surface area is 111 Å². The molecule has 0 bridgehead atoms. The summed E-state index contributed by atoms with van der Waals surface area (Å²) in [7, 11) is 3.46. The Morgan fingerprint density at radius 2 is 2.17 bits per heavy atom. The average molecular weight is 266 g/mol. The van der Waals surface area contributed by atoms with Gasteiger partial charge in [-0.3, -0.25) is 4.68 Å². The second-order valence-electron chi connectivity index (χ2n) is 4.20. The van der Waals surface area contributed by atoms with Crippen LogP contribution in [0.15, 0.2) is 24.4 Å². The molecule has 0 aliphatic heterocycles. The molecule has 18 heavy (non-hydrogen) atoms. The number of aromatic nitrogens is 2. The lowest BCUT2D eigenvalue weighted by molar-refractivity contribution is 0.406. The minimum atomic E-state index is -0.287. The van der Waals surface area contributed by atoms with Gasteiger partial charge >= 0.3 is 0 Å². The van der Waals surface area contributed by atoms with Gasteiger partial charge in [0, 0.05) is 12.1 Å². The number of hydrogen-bond acceptors (Lipinski definition) is 3. The molecule has 1 unspecified atom stereocenters. The van der Waals surface area contributed by atoms with Crippen LogP contribution in [0.4, 0.5) is 0 Å². The van der Waals surface area contributed by atoms with Gasteiger partial charge in [-0.2, -0.15) is 5.10 Å². The normalized spacial score (nSPS) is 12.5. The maximum absolute atomic E-state index is 6.30. The third kappa shape index (κ3) is 2.21. The topological polar surface area (TPSA) is 53.1 Å². The Morgan fingerprint density at radius 1 is 1.44 bits per heavy atom. The summed E-state index contributed by atoms with van der Waals surface area (Å²) in [5, 5.41) is 4.88. The number of ether oxygens (including phenoxy) is 1. The number of nitrogens with zero attached hydrogens (tertiary/aromatic N) is 2. The lowest BCUT2D eigenvalue weighted by atomic mass is 9.99. The molecule has 0 aliphatic rings. The van der Waals surface area contributed by atoms with Crippen molar-refractivity contribution in [3.63, 3.8) is 0 Å². The minimum Gasteiger partial charge on any atom is -0.493 e. The predicted molar refractivity (Wildman–Crippen MR) is 72.0 cm³/mol. The lowest BCUT2D eigenvalue weighted by Gasteiger charge is -2.16. The molecule has 1 aromatic heterocycles. The molecular weight excluding hydrogens is 250 g/mol. The number of nitrogens with two attached hydrogens (primary N) is 1. The second-order valence-corrected chi connectivity index (χ2v) is 4.64. The van der Waals surface area contributed by atoms with Crippen molar-refractivity contribution in [3.8, 4) is 5.75 Å². The fraction of sp³-hybridized carbons (Fsp3) is 0.308. The van der Waals surface area contributed by atoms with Crippen molar-refractivity contribution >= 4 is 11.6 Å². The van der Waals surface area contributed by atoms with E-state index in [-0.39, 0.29) is 6.04 Å². The third-order valence-corrected chi connectivity index (χ3v) is 3.27. The molecule has 1 heterocycles. The van der Waals surface area contributed by atoms with E-state index in [1.165, 1.54) is 0 Å². The van der Waals surface area contributed by atoms with Gasteiger partial charge in [0.25, 0.3) is 0 Å². The van der Waals surface area contributed by atoms with Gasteiger partial charge in [-0.1, -0.05) is 17.7 Å². The molecule has 2 aromatic rings. The summed E-state index contributed by atoms with van der Waals surface area (Å²) in [6.07, 6.45) is 1.67. The fourth-order valence-corrected chi connectivity index (χ4v) is 2.30. The van der Waals surface area contributed by atoms with E-state index in [0.717, 1.165) is 16.8 Å². The standard InChI is InChI=1S/C13H16ClN3O/c1-8-6-9(14)4-5-10(8)12(15)13-11(18-3)7-16-17(13)2/h4-7,12H,15H2,1-3H3. The molecule has 1 aromatic carbocycles. The van der Waals surface area contributed by atoms with Crippen LogP contribution in [-0.4, -0.2) is 16.9 Å². The Morgan fingerprint density at radius 3 is 2.78 bits per heavy atom. The van der Waals surface area contributed by atoms with E-state index in [4.69, 9.17) is 22.1 Å². The summed E-state index contributed by atoms with van der Waals surface area (Å²) in [5.74, 6) is 0.694. The highest BCUT2D eigenvalue weighted by Gasteiger charge is 2.20. The summed E-state index contributed by atoms with van der Waals surface area (Å²) in [4.78, 5) is 0. The number of aryl methyl sites for hydroxylation is 2. The van der Waals surface area contributed by atoms with Gasteiger partial charge in [-0.15, -0.1) is 0 Å². The van der Waals surface area contributed by atoms with E-state index >= 15 is 0 Å². The van der Waals surface area contributed by atoms with Gasteiger partial charge < -0.3 is 10.5 Å². The van der Waals surface area contributed by atoms with E-state index in [0.29, 0.717) is 10.8 Å². The summed E-state index contributed by atoms with van der Waals surface area (Å²) in [6, 6.07) is 5.39. The minimum absolute atomic E-state index is 0.287. The Balaban J connectivity index is 2.47. The van der Waals surface area contributed by atoms with E-state index in [9.17, 15) is 0 Å². The largest absolute Gasteiger partial charge is 0.493 e. The van der Waals surface area contributed by atoms with Crippen LogP contribution in [0.3, 0.4) is 0 Å². The predicted octanol–water partition coefficient (Wildman–Crippen LogP) is 2.44. The van der Waals surface area contributed by atoms with Crippen molar-refractivity contribution < 1.29 is 4.74 Å². The van der Waals surface area contributed by atoms with Crippen molar-refractivity contribution in [3.05, 3.63) is 46.2 Å². The van der Waals surface area contributed by atoms with Crippen LogP contribution in [0.5, 0.6) is 5.75 Å². The van der Waals surface area contributed by atoms with Crippen LogP contribution in [0.1, 0.15) is 22.9 Å². The number of halogens is 1. The molecule has 0 fully saturated rings. The molecule has 0 spiro atoms. The SMILES string of the molecule is COc1cnn(C)c1C(N)c1ccc(Cl)cc1C. The Bertz CT molecular complexity index is 565. The number of rotatable bonds is 3. The number of methoxy groups -OCH3 is 1. The van der Waals surface area contributed by atoms with Crippen LogP contribution >= 0.6 is 11.6 Å². The average Bonchev–Trinajstić information content (AvgIpc) is 2.69. The highest BCUT2D eigenvalue weighted by molar-refractivity contribution is 6.30. The molecule has 0 amide bonds. The van der Waals surface area contributed by atoms with Gasteiger partial charge in [0.05, 0.1) is 19.3 Å². The number of hydrogen-bond donors (Lipinski definition) is 1. The van der Waals surface area contributed by atoms with Crippen LogP contribution in [0.25, 0.3) is 0 Å². The van der Waals surface area contributed by atoms with Crippen molar-refractivity contribution in [1.82, 2.24) is 9.78 Å². The molecule has 2 N–H and O–H groups in total. The molecule has 0 saturated heterocycles. The summed E-state index contributed by atoms with van der Waals surface area (Å²) in [6.45, 7) is 1.99. The van der Waals surface area contributed by atoms with Gasteiger partial charge in [0.15, 0.2) is 5.75 Å². The zero-order valence-electron chi connectivity index (χ0n) is 10.6. The zero-order chi connectivity index (χ0) is 13.3. The lowest BCUT2D eigenvalue weighted by Crippen LogP contribution is -2.17. The smallest absolute Gasteiger partial charge is 0.161 e. The Hall–Kier alpha value is -1.52. The summed E-state index contributed by atoms with van der Waals surface area (Å²) in [5.41, 5.74) is 9.22. The summed E-state index contributed by atoms with van der Waals surface area (Å²) < 4.78 is 7.02. The molecule has 96 valence electrons. The van der Waals surface area contributed by atoms with Gasteiger partial charge in [0.2, 0.25) is 0 Å². The van der Waals surface area contributed by atoms with Crippen molar-refractivity contribution in [2.75, 3.05) is 7.11 Å². The highest BCUT2D eigenvalue weighted by atomic mass is 35.5. The first-order chi connectivity index (χ1) is 8.54. The molecule has 2 rings (SSSR count). The maximum Gasteiger partial charge on any atom is 0.161 e. The second kappa shape index (κ2) is 5.00. The Kier molecular flexibility index (Phi) is 3.59. The molecule has 0 radical (unpaired) electrons. The van der Waals surface area contributed by atoms with Crippen LogP contribution < -0.4 is 10.5 Å². The molecule has 5 heteroatoms. The number of benzene rings is 1. The van der Waals surface area contributed by atoms with E-state index < -0.39 is 0 Å². The van der Waals surface area contributed by atoms with E-state index in [1.54, 1.807) is 18.0 Å². The maximum atomic E-state index is 6.30. The van der Waals surface area contributed by atoms with E-state index in [1.807, 2.05) is 32.2 Å². The molecule has 4 nitrogen and oxygen atoms in total. The zero-order valence-corrected chi connectivity index (χ0v) is 11.4. The molecular formula is C13H16ClN3O. The highest BCUT2D eigenvalue weighted by Crippen LogP contribution is 2.30. The van der Waals surface area contributed by atoms with Crippen LogP contribution in [0.2, 0.25) is 5.02 Å². The van der Waals surface area contributed by atoms with Gasteiger partial charge in [0.1, 0.15) is 5.69 Å². The van der Waals surface area contributed by atoms with Gasteiger partial charge in [-0.05, 0) is 30.2 Å². The molecule has 0 saturated carbocycles. The van der Waals surface area contributed by atoms with Crippen molar-refractivity contribution in [1.29, 1.82) is 0 Å². The fourth-order valence-electron chi connectivity index (χ4n) is 2.07. The van der Waals surface area contributed by atoms with Crippen LogP contribution in [-0.2, 0) is 7.05 Å². The monoisotopic (exact) mass is 265 g/mol.